The number of benzene rings is 2. The van der Waals surface area contributed by atoms with Crippen LogP contribution >= 0.6 is 22.9 Å². The fourth-order valence-electron chi connectivity index (χ4n) is 2.62. The fourth-order valence-corrected chi connectivity index (χ4v) is 4.49. The third-order valence-corrected chi connectivity index (χ3v) is 6.50. The van der Waals surface area contributed by atoms with Crippen molar-refractivity contribution < 1.29 is 13.2 Å². The Bertz CT molecular complexity index is 1300. The Kier molecular flexibility index (Phi) is 5.98. The maximum atomic E-state index is 12.6. The smallest absolute Gasteiger partial charge is 0.261 e. The molecule has 12 heteroatoms. The van der Waals surface area contributed by atoms with Gasteiger partial charge in [0.2, 0.25) is 11.7 Å². The molecular formula is C19H15ClN6O3S2. The molecule has 1 amide bonds. The number of thiophene rings is 1. The number of hydrogen-bond donors (Lipinski definition) is 2. The number of carbonyl (C=O) groups excluding carboxylic acids is 1. The number of hydrogen-bond acceptors (Lipinski definition) is 7. The lowest BCUT2D eigenvalue weighted by atomic mass is 10.3. The van der Waals surface area contributed by atoms with Crippen LogP contribution in [0, 0.1) is 0 Å². The van der Waals surface area contributed by atoms with Gasteiger partial charge in [0.1, 0.15) is 6.54 Å². The van der Waals surface area contributed by atoms with Crippen LogP contribution < -0.4 is 10.0 Å². The Morgan fingerprint density at radius 1 is 1.06 bits per heavy atom. The van der Waals surface area contributed by atoms with Crippen LogP contribution in [0.3, 0.4) is 0 Å². The maximum absolute atomic E-state index is 12.6. The number of rotatable bonds is 7. The molecule has 0 saturated heterocycles. The number of tetrazole rings is 1. The largest absolute Gasteiger partial charge is 0.324 e. The minimum atomic E-state index is -3.85. The van der Waals surface area contributed by atoms with Crippen LogP contribution in [0.5, 0.6) is 0 Å². The van der Waals surface area contributed by atoms with Crippen LogP contribution in [-0.2, 0) is 21.4 Å². The normalized spacial score (nSPS) is 11.3. The maximum Gasteiger partial charge on any atom is 0.261 e. The van der Waals surface area contributed by atoms with Gasteiger partial charge in [0.15, 0.2) is 0 Å². The predicted octanol–water partition coefficient (Wildman–Crippen LogP) is 3.49. The first kappa shape index (κ1) is 21.0. The lowest BCUT2D eigenvalue weighted by Crippen LogP contribution is -2.21. The van der Waals surface area contributed by atoms with Gasteiger partial charge in [0.05, 0.1) is 9.77 Å². The Hall–Kier alpha value is -3.28. The molecule has 2 N–H and O–H groups in total. The molecule has 0 spiro atoms. The van der Waals surface area contributed by atoms with Crippen LogP contribution in [0.1, 0.15) is 0 Å². The van der Waals surface area contributed by atoms with E-state index < -0.39 is 15.9 Å². The quantitative estimate of drug-likeness (QED) is 0.423. The van der Waals surface area contributed by atoms with E-state index in [-0.39, 0.29) is 11.4 Å². The molecule has 0 aliphatic rings. The van der Waals surface area contributed by atoms with Crippen molar-refractivity contribution in [2.75, 3.05) is 10.0 Å². The van der Waals surface area contributed by atoms with Crippen molar-refractivity contribution in [1.29, 1.82) is 0 Å². The minimum absolute atomic E-state index is 0.000822. The first-order valence-corrected chi connectivity index (χ1v) is 11.6. The Morgan fingerprint density at radius 2 is 1.87 bits per heavy atom. The van der Waals surface area contributed by atoms with Gasteiger partial charge in [-0.05, 0) is 59.1 Å². The van der Waals surface area contributed by atoms with Crippen molar-refractivity contribution >= 4 is 50.2 Å². The second kappa shape index (κ2) is 8.84. The van der Waals surface area contributed by atoms with Crippen molar-refractivity contribution in [3.05, 3.63) is 71.1 Å². The summed E-state index contributed by atoms with van der Waals surface area (Å²) in [5, 5.41) is 17.0. The molecule has 0 atom stereocenters. The highest BCUT2D eigenvalue weighted by molar-refractivity contribution is 7.92. The average molecular weight is 475 g/mol. The molecule has 2 aromatic heterocycles. The van der Waals surface area contributed by atoms with Gasteiger partial charge in [-0.3, -0.25) is 9.52 Å². The third kappa shape index (κ3) is 5.26. The molecule has 31 heavy (non-hydrogen) atoms. The molecule has 0 saturated carbocycles. The van der Waals surface area contributed by atoms with E-state index in [0.717, 1.165) is 4.88 Å². The summed E-state index contributed by atoms with van der Waals surface area (Å²) in [5.41, 5.74) is 0.695. The van der Waals surface area contributed by atoms with Crippen LogP contribution in [0.25, 0.3) is 10.7 Å². The number of amides is 1. The summed E-state index contributed by atoms with van der Waals surface area (Å²) in [5.74, 6) is 0.0134. The monoisotopic (exact) mass is 474 g/mol. The van der Waals surface area contributed by atoms with Gasteiger partial charge in [-0.2, -0.15) is 4.80 Å². The Morgan fingerprint density at radius 3 is 2.61 bits per heavy atom. The highest BCUT2D eigenvalue weighted by Crippen LogP contribution is 2.21. The van der Waals surface area contributed by atoms with E-state index in [9.17, 15) is 13.2 Å². The van der Waals surface area contributed by atoms with Gasteiger partial charge >= 0.3 is 0 Å². The van der Waals surface area contributed by atoms with E-state index in [4.69, 9.17) is 11.6 Å². The summed E-state index contributed by atoms with van der Waals surface area (Å²) in [6.07, 6.45) is 0. The highest BCUT2D eigenvalue weighted by atomic mass is 35.5. The highest BCUT2D eigenvalue weighted by Gasteiger charge is 2.16. The SMILES string of the molecule is O=C(Cn1nnc(-c2cccs2)n1)Nc1cccc(S(=O)(=O)Nc2ccc(Cl)cc2)c1. The summed E-state index contributed by atoms with van der Waals surface area (Å²) >= 11 is 7.29. The Labute approximate surface area is 186 Å². The first-order valence-electron chi connectivity index (χ1n) is 8.89. The third-order valence-electron chi connectivity index (χ3n) is 4.00. The van der Waals surface area contributed by atoms with Crippen molar-refractivity contribution in [2.45, 2.75) is 11.4 Å². The van der Waals surface area contributed by atoms with E-state index in [1.807, 2.05) is 17.5 Å². The number of anilines is 2. The van der Waals surface area contributed by atoms with E-state index in [2.05, 4.69) is 25.4 Å². The summed E-state index contributed by atoms with van der Waals surface area (Å²) in [6.45, 7) is -0.168. The topological polar surface area (TPSA) is 119 Å². The van der Waals surface area contributed by atoms with E-state index in [1.165, 1.54) is 34.3 Å². The van der Waals surface area contributed by atoms with Crippen LogP contribution in [0.15, 0.2) is 70.9 Å². The van der Waals surface area contributed by atoms with Crippen molar-refractivity contribution in [1.82, 2.24) is 20.2 Å². The molecule has 4 rings (SSSR count). The fraction of sp³-hybridized carbons (Fsp3) is 0.0526. The van der Waals surface area contributed by atoms with Crippen LogP contribution in [0.4, 0.5) is 11.4 Å². The summed E-state index contributed by atoms with van der Waals surface area (Å²) in [7, 11) is -3.85. The second-order valence-electron chi connectivity index (χ2n) is 6.31. The molecule has 2 heterocycles. The summed E-state index contributed by atoms with van der Waals surface area (Å²) in [6, 6.07) is 15.9. The molecule has 158 valence electrons. The van der Waals surface area contributed by atoms with Crippen LogP contribution in [0.2, 0.25) is 5.02 Å². The molecule has 0 bridgehead atoms. The molecule has 0 aliphatic heterocycles. The molecule has 0 fully saturated rings. The van der Waals surface area contributed by atoms with E-state index in [0.29, 0.717) is 22.2 Å². The van der Waals surface area contributed by atoms with Crippen molar-refractivity contribution in [2.24, 2.45) is 0 Å². The molecule has 0 radical (unpaired) electrons. The number of carbonyl (C=O) groups is 1. The molecular weight excluding hydrogens is 460 g/mol. The van der Waals surface area contributed by atoms with Gasteiger partial charge < -0.3 is 5.32 Å². The molecule has 4 aromatic rings. The zero-order valence-corrected chi connectivity index (χ0v) is 18.2. The molecule has 0 aliphatic carbocycles. The minimum Gasteiger partial charge on any atom is -0.324 e. The van der Waals surface area contributed by atoms with Crippen LogP contribution in [-0.4, -0.2) is 34.5 Å². The van der Waals surface area contributed by atoms with Crippen molar-refractivity contribution in [3.8, 4) is 10.7 Å². The van der Waals surface area contributed by atoms with E-state index >= 15 is 0 Å². The molecule has 2 aromatic carbocycles. The predicted molar refractivity (Wildman–Crippen MR) is 118 cm³/mol. The first-order chi connectivity index (χ1) is 14.9. The van der Waals surface area contributed by atoms with Gasteiger partial charge in [-0.15, -0.1) is 21.5 Å². The lowest BCUT2D eigenvalue weighted by molar-refractivity contribution is -0.117. The standard InChI is InChI=1S/C19H15ClN6O3S2/c20-13-6-8-14(9-7-13)24-31(28,29)16-4-1-3-15(11-16)21-18(27)12-26-23-19(22-25-26)17-5-2-10-30-17/h1-11,24H,12H2,(H,21,27). The number of sulfonamides is 1. The van der Waals surface area contributed by atoms with Gasteiger partial charge in [-0.1, -0.05) is 23.7 Å². The second-order valence-corrected chi connectivity index (χ2v) is 9.38. The van der Waals surface area contributed by atoms with E-state index in [1.54, 1.807) is 30.3 Å². The number of aromatic nitrogens is 4. The van der Waals surface area contributed by atoms with Gasteiger partial charge in [0.25, 0.3) is 10.0 Å². The zero-order valence-electron chi connectivity index (χ0n) is 15.8. The Balaban J connectivity index is 1.43. The van der Waals surface area contributed by atoms with Crippen molar-refractivity contribution in [3.63, 3.8) is 0 Å². The molecule has 0 unspecified atom stereocenters. The number of nitrogens with one attached hydrogen (secondary N) is 2. The summed E-state index contributed by atoms with van der Waals surface area (Å²) in [4.78, 5) is 14.4. The lowest BCUT2D eigenvalue weighted by Gasteiger charge is -2.10. The van der Waals surface area contributed by atoms with Gasteiger partial charge in [0, 0.05) is 16.4 Å². The number of nitrogens with zero attached hydrogens (tertiary/aromatic N) is 4. The number of halogens is 1. The zero-order chi connectivity index (χ0) is 21.8. The summed E-state index contributed by atoms with van der Waals surface area (Å²) < 4.78 is 27.8. The average Bonchev–Trinajstić information content (AvgIpc) is 3.42. The molecule has 9 nitrogen and oxygen atoms in total. The van der Waals surface area contributed by atoms with Gasteiger partial charge in [-0.25, -0.2) is 8.42 Å².